The van der Waals surface area contributed by atoms with Crippen molar-refractivity contribution < 1.29 is 52.4 Å². The molecule has 1 aliphatic heterocycles. The van der Waals surface area contributed by atoms with Crippen molar-refractivity contribution in [3.8, 4) is 0 Å². The predicted octanol–water partition coefficient (Wildman–Crippen LogP) is 3.83. The molecule has 3 rings (SSSR count). The van der Waals surface area contributed by atoms with Gasteiger partial charge in [0, 0.05) is 19.4 Å². The molecule has 0 aliphatic carbocycles. The second-order valence-corrected chi connectivity index (χ2v) is 17.6. The standard InChI is InChI=1S/C36H49ClO11Si/c1-25(38)20-21-30(40)47-33-28(24-45-49(36(2,3)4,26-15-9-6-10-16-26)27-17-11-7-12-18-27)46-35(34(32(33)42)48-31(41)23-37)44-22-14-8-13-19-29(39)43-5/h6-7,9-12,15-18,28,32-35,42H,8,13-14,19-24H2,1-5H3/t28-,32+,33+,34-,35-/m1/s1. The van der Waals surface area contributed by atoms with Crippen LogP contribution >= 0.6 is 11.6 Å². The van der Waals surface area contributed by atoms with Gasteiger partial charge in [0.15, 0.2) is 18.5 Å². The molecule has 0 amide bonds. The molecule has 11 nitrogen and oxygen atoms in total. The Kier molecular flexibility index (Phi) is 15.9. The maximum atomic E-state index is 13.0. The Bertz CT molecular complexity index is 1310. The quantitative estimate of drug-likeness (QED) is 0.0789. The first-order valence-electron chi connectivity index (χ1n) is 16.5. The van der Waals surface area contributed by atoms with Crippen LogP contribution in [0.15, 0.2) is 60.7 Å². The molecule has 0 spiro atoms. The zero-order valence-electron chi connectivity index (χ0n) is 28.9. The lowest BCUT2D eigenvalue weighted by Crippen LogP contribution is -2.68. The van der Waals surface area contributed by atoms with E-state index in [4.69, 9.17) is 35.0 Å². The van der Waals surface area contributed by atoms with Gasteiger partial charge >= 0.3 is 17.9 Å². The number of ether oxygens (including phenoxy) is 5. The third-order valence-electron chi connectivity index (χ3n) is 8.36. The van der Waals surface area contributed by atoms with E-state index in [-0.39, 0.29) is 44.2 Å². The number of carbonyl (C=O) groups excluding carboxylic acids is 4. The topological polar surface area (TPSA) is 144 Å². The highest BCUT2D eigenvalue weighted by Crippen LogP contribution is 2.38. The third kappa shape index (κ3) is 11.2. The summed E-state index contributed by atoms with van der Waals surface area (Å²) >= 11 is 5.74. The fourth-order valence-electron chi connectivity index (χ4n) is 5.92. The average Bonchev–Trinajstić information content (AvgIpc) is 3.08. The van der Waals surface area contributed by atoms with E-state index in [1.807, 2.05) is 60.7 Å². The van der Waals surface area contributed by atoms with Crippen LogP contribution in [0.1, 0.15) is 66.2 Å². The SMILES string of the molecule is COC(=O)CCCCCO[C@@H]1O[C@H](CO[Si](c2ccccc2)(c2ccccc2)C(C)(C)C)[C@H](OC(=O)CCC(C)=O)[C@H](O)[C@H]1OC(=O)CCl. The Hall–Kier alpha value is -3.13. The molecular weight excluding hydrogens is 672 g/mol. The molecule has 0 aromatic heterocycles. The maximum absolute atomic E-state index is 13.0. The van der Waals surface area contributed by atoms with Crippen LogP contribution in [0.5, 0.6) is 0 Å². The third-order valence-corrected chi connectivity index (χ3v) is 13.6. The van der Waals surface area contributed by atoms with E-state index in [1.165, 1.54) is 14.0 Å². The highest BCUT2D eigenvalue weighted by Gasteiger charge is 2.54. The van der Waals surface area contributed by atoms with Crippen molar-refractivity contribution in [1.82, 2.24) is 0 Å². The molecule has 1 fully saturated rings. The van der Waals surface area contributed by atoms with Crippen molar-refractivity contribution in [2.75, 3.05) is 26.2 Å². The Labute approximate surface area is 294 Å². The average molecular weight is 721 g/mol. The summed E-state index contributed by atoms with van der Waals surface area (Å²) in [6.45, 7) is 7.74. The molecule has 270 valence electrons. The normalized spacial score (nSPS) is 21.1. The number of hydrogen-bond acceptors (Lipinski definition) is 11. The van der Waals surface area contributed by atoms with Crippen LogP contribution in [0.4, 0.5) is 0 Å². The molecule has 13 heteroatoms. The lowest BCUT2D eigenvalue weighted by atomic mass is 9.98. The van der Waals surface area contributed by atoms with Crippen molar-refractivity contribution in [2.45, 2.75) is 102 Å². The molecule has 2 aromatic rings. The second kappa shape index (κ2) is 19.3. The van der Waals surface area contributed by atoms with Gasteiger partial charge in [-0.15, -0.1) is 11.6 Å². The number of ketones is 1. The summed E-state index contributed by atoms with van der Waals surface area (Å²) in [6, 6.07) is 19.9. The van der Waals surface area contributed by atoms with Gasteiger partial charge in [-0.2, -0.15) is 0 Å². The molecule has 2 aromatic carbocycles. The Morgan fingerprint density at radius 3 is 1.94 bits per heavy atom. The van der Waals surface area contributed by atoms with E-state index in [9.17, 15) is 24.3 Å². The Balaban J connectivity index is 1.97. The smallest absolute Gasteiger partial charge is 0.321 e. The van der Waals surface area contributed by atoms with Gasteiger partial charge in [0.1, 0.15) is 23.9 Å². The summed E-state index contributed by atoms with van der Waals surface area (Å²) in [5, 5.41) is 13.3. The van der Waals surface area contributed by atoms with Gasteiger partial charge in [-0.3, -0.25) is 14.4 Å². The van der Waals surface area contributed by atoms with Crippen LogP contribution in [0, 0.1) is 0 Å². The van der Waals surface area contributed by atoms with E-state index in [0.717, 1.165) is 10.4 Å². The van der Waals surface area contributed by atoms with E-state index in [2.05, 4.69) is 25.5 Å². The number of unbranched alkanes of at least 4 members (excludes halogenated alkanes) is 2. The fraction of sp³-hybridized carbons (Fsp3) is 0.556. The van der Waals surface area contributed by atoms with E-state index >= 15 is 0 Å². The van der Waals surface area contributed by atoms with Gasteiger partial charge in [-0.05, 0) is 35.2 Å². The summed E-state index contributed by atoms with van der Waals surface area (Å²) in [5.41, 5.74) is 0. The summed E-state index contributed by atoms with van der Waals surface area (Å²) in [7, 11) is -1.77. The van der Waals surface area contributed by atoms with Gasteiger partial charge in [-0.1, -0.05) is 87.9 Å². The zero-order chi connectivity index (χ0) is 36.0. The number of methoxy groups -OCH3 is 1. The number of esters is 3. The lowest BCUT2D eigenvalue weighted by Gasteiger charge is -2.46. The number of aliphatic hydroxyl groups excluding tert-OH is 1. The van der Waals surface area contributed by atoms with Crippen LogP contribution < -0.4 is 10.4 Å². The molecule has 1 aliphatic rings. The van der Waals surface area contributed by atoms with E-state index < -0.39 is 61.9 Å². The number of benzene rings is 2. The number of halogens is 1. The molecule has 0 bridgehead atoms. The number of alkyl halides is 1. The number of carbonyl (C=O) groups is 4. The van der Waals surface area contributed by atoms with Gasteiger partial charge in [0.05, 0.1) is 20.1 Å². The summed E-state index contributed by atoms with van der Waals surface area (Å²) in [6.07, 6.45) is -4.86. The zero-order valence-corrected chi connectivity index (χ0v) is 30.7. The first-order valence-corrected chi connectivity index (χ1v) is 19.0. The number of Topliss-reactive ketones (excluding diaryl/α,β-unsaturated/α-hetero) is 1. The van der Waals surface area contributed by atoms with Crippen LogP contribution in [0.2, 0.25) is 5.04 Å². The van der Waals surface area contributed by atoms with Crippen molar-refractivity contribution >= 4 is 54.0 Å². The van der Waals surface area contributed by atoms with Crippen molar-refractivity contribution in [3.05, 3.63) is 60.7 Å². The highest BCUT2D eigenvalue weighted by atomic mass is 35.5. The van der Waals surface area contributed by atoms with Gasteiger partial charge in [0.25, 0.3) is 8.32 Å². The molecule has 0 unspecified atom stereocenters. The molecule has 0 saturated carbocycles. The maximum Gasteiger partial charge on any atom is 0.321 e. The highest BCUT2D eigenvalue weighted by molar-refractivity contribution is 6.99. The molecule has 0 radical (unpaired) electrons. The van der Waals surface area contributed by atoms with E-state index in [0.29, 0.717) is 19.3 Å². The van der Waals surface area contributed by atoms with Crippen LogP contribution in [-0.2, 0) is 47.3 Å². The number of hydrogen-bond donors (Lipinski definition) is 1. The Morgan fingerprint density at radius 2 is 1.41 bits per heavy atom. The van der Waals surface area contributed by atoms with Crippen molar-refractivity contribution in [3.63, 3.8) is 0 Å². The van der Waals surface area contributed by atoms with Crippen LogP contribution in [0.25, 0.3) is 0 Å². The summed E-state index contributed by atoms with van der Waals surface area (Å²) < 4.78 is 35.4. The Morgan fingerprint density at radius 1 is 0.816 bits per heavy atom. The predicted molar refractivity (Wildman–Crippen MR) is 185 cm³/mol. The molecule has 5 atom stereocenters. The van der Waals surface area contributed by atoms with Crippen molar-refractivity contribution in [2.24, 2.45) is 0 Å². The fourth-order valence-corrected chi connectivity index (χ4v) is 10.6. The molecular formula is C36H49ClO11Si. The minimum atomic E-state index is -3.11. The molecule has 1 saturated heterocycles. The van der Waals surface area contributed by atoms with Crippen LogP contribution in [-0.4, -0.2) is 94.0 Å². The van der Waals surface area contributed by atoms with Crippen molar-refractivity contribution in [1.29, 1.82) is 0 Å². The minimum absolute atomic E-state index is 0.0435. The molecule has 49 heavy (non-hydrogen) atoms. The van der Waals surface area contributed by atoms with Gasteiger partial charge in [-0.25, -0.2) is 0 Å². The first kappa shape index (κ1) is 40.3. The second-order valence-electron chi connectivity index (χ2n) is 13.0. The lowest BCUT2D eigenvalue weighted by molar-refractivity contribution is -0.305. The minimum Gasteiger partial charge on any atom is -0.469 e. The van der Waals surface area contributed by atoms with Crippen LogP contribution in [0.3, 0.4) is 0 Å². The van der Waals surface area contributed by atoms with Gasteiger partial charge in [0.2, 0.25) is 0 Å². The monoisotopic (exact) mass is 720 g/mol. The number of rotatable bonds is 18. The largest absolute Gasteiger partial charge is 0.469 e. The van der Waals surface area contributed by atoms with Gasteiger partial charge < -0.3 is 38.0 Å². The summed E-state index contributed by atoms with van der Waals surface area (Å²) in [5.74, 6) is -2.55. The first-order chi connectivity index (χ1) is 23.3. The summed E-state index contributed by atoms with van der Waals surface area (Å²) in [4.78, 5) is 48.4. The molecule has 1 heterocycles. The van der Waals surface area contributed by atoms with E-state index in [1.54, 1.807) is 0 Å². The number of aliphatic hydroxyl groups is 1. The molecule has 1 N–H and O–H groups in total.